The van der Waals surface area contributed by atoms with Crippen molar-refractivity contribution in [2.45, 2.75) is 26.9 Å². The van der Waals surface area contributed by atoms with Crippen molar-refractivity contribution in [2.75, 3.05) is 13.1 Å². The zero-order valence-electron chi connectivity index (χ0n) is 12.8. The van der Waals surface area contributed by atoms with Crippen LogP contribution in [0.1, 0.15) is 43.0 Å². The van der Waals surface area contributed by atoms with Gasteiger partial charge in [0.15, 0.2) is 5.76 Å². The number of carbonyl (C=O) groups is 1. The topological polar surface area (TPSA) is 66.6 Å². The maximum Gasteiger partial charge on any atom is 0.259 e. The molecule has 0 saturated carbocycles. The van der Waals surface area contributed by atoms with E-state index in [0.29, 0.717) is 29.4 Å². The summed E-state index contributed by atoms with van der Waals surface area (Å²) in [5, 5.41) is 14.4. The highest BCUT2D eigenvalue weighted by Gasteiger charge is 2.28. The third-order valence-corrected chi connectivity index (χ3v) is 3.73. The number of hydrogen-bond acceptors (Lipinski definition) is 4. The molecule has 1 amide bonds. The van der Waals surface area contributed by atoms with Crippen LogP contribution in [0.25, 0.3) is 11.3 Å². The first-order valence-electron chi connectivity index (χ1n) is 7.22. The summed E-state index contributed by atoms with van der Waals surface area (Å²) < 4.78 is 5.22. The highest BCUT2D eigenvalue weighted by molar-refractivity contribution is 6.30. The van der Waals surface area contributed by atoms with Crippen molar-refractivity contribution in [3.05, 3.63) is 40.6 Å². The van der Waals surface area contributed by atoms with Crippen LogP contribution in [-0.4, -0.2) is 34.2 Å². The minimum atomic E-state index is -0.914. The van der Waals surface area contributed by atoms with Gasteiger partial charge in [0, 0.05) is 23.7 Å². The monoisotopic (exact) mass is 322 g/mol. The Labute approximate surface area is 134 Å². The Morgan fingerprint density at radius 3 is 2.41 bits per heavy atom. The minimum Gasteiger partial charge on any atom is -0.385 e. The van der Waals surface area contributed by atoms with Gasteiger partial charge in [0.05, 0.1) is 0 Å². The molecule has 6 heteroatoms. The van der Waals surface area contributed by atoms with Crippen molar-refractivity contribution in [3.63, 3.8) is 0 Å². The normalized spacial score (nSPS) is 12.2. The van der Waals surface area contributed by atoms with Gasteiger partial charge in [-0.05, 0) is 32.9 Å². The molecule has 1 aromatic carbocycles. The van der Waals surface area contributed by atoms with Crippen LogP contribution >= 0.6 is 11.6 Å². The summed E-state index contributed by atoms with van der Waals surface area (Å²) in [5.74, 6) is -0.0195. The molecule has 118 valence electrons. The molecule has 0 unspecified atom stereocenters. The van der Waals surface area contributed by atoms with Crippen molar-refractivity contribution in [2.24, 2.45) is 0 Å². The van der Waals surface area contributed by atoms with Gasteiger partial charge in [-0.15, -0.1) is 0 Å². The van der Waals surface area contributed by atoms with E-state index in [4.69, 9.17) is 16.1 Å². The Bertz CT molecular complexity index is 646. The minimum absolute atomic E-state index is 0.182. The Morgan fingerprint density at radius 1 is 1.32 bits per heavy atom. The number of rotatable bonds is 5. The molecule has 0 aliphatic rings. The lowest BCUT2D eigenvalue weighted by Crippen LogP contribution is -2.31. The maximum absolute atomic E-state index is 12.7. The van der Waals surface area contributed by atoms with E-state index >= 15 is 0 Å². The predicted octanol–water partition coefficient (Wildman–Crippen LogP) is 3.53. The number of aliphatic hydroxyl groups excluding tert-OH is 1. The number of benzene rings is 1. The molecule has 0 radical (unpaired) electrons. The number of amides is 1. The highest BCUT2D eigenvalue weighted by Crippen LogP contribution is 2.30. The van der Waals surface area contributed by atoms with Crippen LogP contribution in [0.3, 0.4) is 0 Å². The standard InChI is InChI=1S/C16H19ClN2O3/c1-4-19(5-2)16(21)13-14(18-22-15(13)10(3)20)11-6-8-12(17)9-7-11/h6-10,20H,4-5H2,1-3H3/t10-/m0/s1. The van der Waals surface area contributed by atoms with Crippen LogP contribution in [0.5, 0.6) is 0 Å². The first-order chi connectivity index (χ1) is 10.5. The SMILES string of the molecule is CCN(CC)C(=O)c1c(-c2ccc(Cl)cc2)noc1[C@H](C)O. The van der Waals surface area contributed by atoms with Gasteiger partial charge in [-0.3, -0.25) is 4.79 Å². The fourth-order valence-electron chi connectivity index (χ4n) is 2.27. The average Bonchev–Trinajstić information content (AvgIpc) is 2.94. The van der Waals surface area contributed by atoms with Gasteiger partial charge >= 0.3 is 0 Å². The van der Waals surface area contributed by atoms with E-state index in [-0.39, 0.29) is 11.7 Å². The first-order valence-corrected chi connectivity index (χ1v) is 7.60. The van der Waals surface area contributed by atoms with Crippen LogP contribution in [0, 0.1) is 0 Å². The van der Waals surface area contributed by atoms with Crippen molar-refractivity contribution < 1.29 is 14.4 Å². The zero-order valence-corrected chi connectivity index (χ0v) is 13.6. The second-order valence-corrected chi connectivity index (χ2v) is 5.37. The molecule has 22 heavy (non-hydrogen) atoms. The fraction of sp³-hybridized carbons (Fsp3) is 0.375. The second-order valence-electron chi connectivity index (χ2n) is 4.93. The summed E-state index contributed by atoms with van der Waals surface area (Å²) >= 11 is 5.89. The summed E-state index contributed by atoms with van der Waals surface area (Å²) in [7, 11) is 0. The molecular formula is C16H19ClN2O3. The van der Waals surface area contributed by atoms with Gasteiger partial charge < -0.3 is 14.5 Å². The van der Waals surface area contributed by atoms with Crippen molar-refractivity contribution >= 4 is 17.5 Å². The molecular weight excluding hydrogens is 304 g/mol. The van der Waals surface area contributed by atoms with E-state index in [0.717, 1.165) is 5.56 Å². The summed E-state index contributed by atoms with van der Waals surface area (Å²) in [6.45, 7) is 6.49. The molecule has 1 N–H and O–H groups in total. The quantitative estimate of drug-likeness (QED) is 0.914. The number of nitrogens with zero attached hydrogens (tertiary/aromatic N) is 2. The molecule has 0 saturated heterocycles. The number of aromatic nitrogens is 1. The Balaban J connectivity index is 2.56. The first kappa shape index (κ1) is 16.5. The molecule has 0 aliphatic carbocycles. The Hall–Kier alpha value is -1.85. The zero-order chi connectivity index (χ0) is 16.3. The van der Waals surface area contributed by atoms with E-state index in [1.165, 1.54) is 0 Å². The number of hydrogen-bond donors (Lipinski definition) is 1. The molecule has 1 atom stereocenters. The van der Waals surface area contributed by atoms with Crippen LogP contribution < -0.4 is 0 Å². The third-order valence-electron chi connectivity index (χ3n) is 3.48. The lowest BCUT2D eigenvalue weighted by molar-refractivity contribution is 0.0761. The largest absolute Gasteiger partial charge is 0.385 e. The number of carbonyl (C=O) groups excluding carboxylic acids is 1. The van der Waals surface area contributed by atoms with E-state index in [1.807, 2.05) is 13.8 Å². The van der Waals surface area contributed by atoms with Crippen molar-refractivity contribution in [1.29, 1.82) is 0 Å². The summed E-state index contributed by atoms with van der Waals surface area (Å²) in [6.07, 6.45) is -0.914. The molecule has 0 spiro atoms. The van der Waals surface area contributed by atoms with Gasteiger partial charge in [0.25, 0.3) is 5.91 Å². The second kappa shape index (κ2) is 6.94. The molecule has 1 heterocycles. The maximum atomic E-state index is 12.7. The Kier molecular flexibility index (Phi) is 5.21. The molecule has 5 nitrogen and oxygen atoms in total. The lowest BCUT2D eigenvalue weighted by Gasteiger charge is -2.19. The Morgan fingerprint density at radius 2 is 1.91 bits per heavy atom. The van der Waals surface area contributed by atoms with E-state index in [9.17, 15) is 9.90 Å². The van der Waals surface area contributed by atoms with Gasteiger partial charge in [-0.1, -0.05) is 28.9 Å². The lowest BCUT2D eigenvalue weighted by atomic mass is 10.0. The third kappa shape index (κ3) is 3.15. The molecule has 2 rings (SSSR count). The van der Waals surface area contributed by atoms with Crippen LogP contribution in [-0.2, 0) is 0 Å². The molecule has 2 aromatic rings. The van der Waals surface area contributed by atoms with Gasteiger partial charge in [-0.25, -0.2) is 0 Å². The van der Waals surface area contributed by atoms with Crippen molar-refractivity contribution in [3.8, 4) is 11.3 Å². The number of halogens is 1. The number of aliphatic hydroxyl groups is 1. The van der Waals surface area contributed by atoms with E-state index in [2.05, 4.69) is 5.16 Å². The highest BCUT2D eigenvalue weighted by atomic mass is 35.5. The van der Waals surface area contributed by atoms with E-state index < -0.39 is 6.10 Å². The summed E-state index contributed by atoms with van der Waals surface area (Å²) in [6, 6.07) is 6.98. The van der Waals surface area contributed by atoms with Crippen LogP contribution in [0.2, 0.25) is 5.02 Å². The summed E-state index contributed by atoms with van der Waals surface area (Å²) in [5.41, 5.74) is 1.45. The van der Waals surface area contributed by atoms with Gasteiger partial charge in [-0.2, -0.15) is 0 Å². The average molecular weight is 323 g/mol. The van der Waals surface area contributed by atoms with Gasteiger partial charge in [0.2, 0.25) is 0 Å². The molecule has 0 bridgehead atoms. The molecule has 1 aromatic heterocycles. The smallest absolute Gasteiger partial charge is 0.259 e. The van der Waals surface area contributed by atoms with Crippen LogP contribution in [0.4, 0.5) is 0 Å². The van der Waals surface area contributed by atoms with Crippen molar-refractivity contribution in [1.82, 2.24) is 10.1 Å². The van der Waals surface area contributed by atoms with E-state index in [1.54, 1.807) is 36.1 Å². The molecule has 0 fully saturated rings. The fourth-order valence-corrected chi connectivity index (χ4v) is 2.39. The molecule has 0 aliphatic heterocycles. The van der Waals surface area contributed by atoms with Gasteiger partial charge in [0.1, 0.15) is 17.4 Å². The predicted molar refractivity (Wildman–Crippen MR) is 84.8 cm³/mol. The van der Waals surface area contributed by atoms with Crippen LogP contribution in [0.15, 0.2) is 28.8 Å². The summed E-state index contributed by atoms with van der Waals surface area (Å²) in [4.78, 5) is 14.4.